The monoisotopic (exact) mass is 220 g/mol. The van der Waals surface area contributed by atoms with Crippen LogP contribution in [0.1, 0.15) is 18.2 Å². The number of rotatable bonds is 1. The summed E-state index contributed by atoms with van der Waals surface area (Å²) in [5.74, 6) is 3.71. The first kappa shape index (κ1) is 9.09. The highest BCUT2D eigenvalue weighted by Crippen LogP contribution is 2.33. The molecule has 1 aromatic carbocycles. The lowest BCUT2D eigenvalue weighted by molar-refractivity contribution is 0.490. The summed E-state index contributed by atoms with van der Waals surface area (Å²) in [5, 5.41) is 0. The molecule has 3 rings (SSSR count). The molecule has 1 aliphatic heterocycles. The lowest BCUT2D eigenvalue weighted by atomic mass is 10.1. The Bertz CT molecular complexity index is 488. The van der Waals surface area contributed by atoms with Crippen LogP contribution in [0.2, 0.25) is 0 Å². The molecule has 1 aromatic heterocycles. The molecule has 3 nitrogen and oxygen atoms in total. The third-order valence-corrected chi connectivity index (χ3v) is 3.87. The van der Waals surface area contributed by atoms with Crippen LogP contribution in [0.15, 0.2) is 22.6 Å². The van der Waals surface area contributed by atoms with E-state index in [9.17, 15) is 0 Å². The van der Waals surface area contributed by atoms with Crippen molar-refractivity contribution in [3.63, 3.8) is 0 Å². The fourth-order valence-electron chi connectivity index (χ4n) is 1.86. The highest BCUT2D eigenvalue weighted by atomic mass is 32.2. The molecule has 1 saturated heterocycles. The van der Waals surface area contributed by atoms with Gasteiger partial charge in [-0.1, -0.05) is 0 Å². The zero-order valence-corrected chi connectivity index (χ0v) is 9.09. The van der Waals surface area contributed by atoms with Gasteiger partial charge in [0, 0.05) is 23.4 Å². The van der Waals surface area contributed by atoms with Gasteiger partial charge in [0.1, 0.15) is 5.52 Å². The summed E-state index contributed by atoms with van der Waals surface area (Å²) in [6.45, 7) is 0. The number of oxazole rings is 1. The van der Waals surface area contributed by atoms with Crippen LogP contribution in [0.25, 0.3) is 11.1 Å². The molecule has 4 heteroatoms. The minimum absolute atomic E-state index is 0.489. The van der Waals surface area contributed by atoms with E-state index in [-0.39, 0.29) is 0 Å². The van der Waals surface area contributed by atoms with Gasteiger partial charge < -0.3 is 10.2 Å². The number of aromatic nitrogens is 1. The minimum Gasteiger partial charge on any atom is -0.440 e. The van der Waals surface area contributed by atoms with Crippen molar-refractivity contribution in [2.45, 2.75) is 12.3 Å². The van der Waals surface area contributed by atoms with Gasteiger partial charge in [-0.2, -0.15) is 11.8 Å². The molecule has 78 valence electrons. The van der Waals surface area contributed by atoms with E-state index in [1.165, 1.54) is 12.2 Å². The smallest absolute Gasteiger partial charge is 0.199 e. The Balaban J connectivity index is 2.05. The maximum Gasteiger partial charge on any atom is 0.199 e. The Kier molecular flexibility index (Phi) is 2.09. The Morgan fingerprint density at radius 2 is 2.40 bits per heavy atom. The van der Waals surface area contributed by atoms with E-state index in [2.05, 4.69) is 4.98 Å². The zero-order chi connectivity index (χ0) is 10.3. The molecular formula is C11H12N2OS. The van der Waals surface area contributed by atoms with E-state index in [1.54, 1.807) is 0 Å². The average Bonchev–Trinajstić information content (AvgIpc) is 2.84. The maximum atomic E-state index is 5.73. The largest absolute Gasteiger partial charge is 0.440 e. The molecule has 2 aromatic rings. The highest BCUT2D eigenvalue weighted by molar-refractivity contribution is 7.99. The molecule has 1 fully saturated rings. The first-order valence-electron chi connectivity index (χ1n) is 5.06. The molecule has 1 unspecified atom stereocenters. The molecule has 2 N–H and O–H groups in total. The van der Waals surface area contributed by atoms with Crippen LogP contribution < -0.4 is 5.73 Å². The first-order valence-corrected chi connectivity index (χ1v) is 6.22. The number of hydrogen-bond donors (Lipinski definition) is 1. The van der Waals surface area contributed by atoms with Crippen molar-refractivity contribution in [1.29, 1.82) is 0 Å². The third-order valence-electron chi connectivity index (χ3n) is 2.71. The van der Waals surface area contributed by atoms with Crippen LogP contribution in [0.3, 0.4) is 0 Å². The molecule has 0 spiro atoms. The van der Waals surface area contributed by atoms with E-state index in [4.69, 9.17) is 10.2 Å². The Morgan fingerprint density at radius 3 is 3.20 bits per heavy atom. The lowest BCUT2D eigenvalue weighted by Gasteiger charge is -1.99. The van der Waals surface area contributed by atoms with Crippen molar-refractivity contribution in [1.82, 2.24) is 4.98 Å². The molecule has 1 atom stereocenters. The molecule has 0 aliphatic carbocycles. The van der Waals surface area contributed by atoms with Gasteiger partial charge in [0.2, 0.25) is 0 Å². The quantitative estimate of drug-likeness (QED) is 0.751. The molecule has 15 heavy (non-hydrogen) atoms. The molecule has 0 radical (unpaired) electrons. The average molecular weight is 220 g/mol. The summed E-state index contributed by atoms with van der Waals surface area (Å²) in [4.78, 5) is 4.50. The van der Waals surface area contributed by atoms with Crippen molar-refractivity contribution in [2.75, 3.05) is 17.2 Å². The van der Waals surface area contributed by atoms with Crippen molar-refractivity contribution in [3.8, 4) is 0 Å². The molecule has 1 aliphatic rings. The summed E-state index contributed by atoms with van der Waals surface area (Å²) >= 11 is 1.97. The van der Waals surface area contributed by atoms with Crippen molar-refractivity contribution in [2.24, 2.45) is 0 Å². The van der Waals surface area contributed by atoms with Crippen LogP contribution in [0.5, 0.6) is 0 Å². The number of hydrogen-bond acceptors (Lipinski definition) is 4. The molecule has 0 saturated carbocycles. The summed E-state index contributed by atoms with van der Waals surface area (Å²) < 4.78 is 5.73. The van der Waals surface area contributed by atoms with Crippen molar-refractivity contribution in [3.05, 3.63) is 24.1 Å². The van der Waals surface area contributed by atoms with Crippen molar-refractivity contribution >= 4 is 28.5 Å². The Hall–Kier alpha value is -1.16. The SMILES string of the molecule is Nc1ccc2nc(C3CCSC3)oc2c1. The van der Waals surface area contributed by atoms with E-state index < -0.39 is 0 Å². The number of benzene rings is 1. The van der Waals surface area contributed by atoms with Crippen LogP contribution >= 0.6 is 11.8 Å². The summed E-state index contributed by atoms with van der Waals surface area (Å²) in [6, 6.07) is 5.62. The van der Waals surface area contributed by atoms with Crippen LogP contribution in [-0.4, -0.2) is 16.5 Å². The highest BCUT2D eigenvalue weighted by Gasteiger charge is 2.22. The van der Waals surface area contributed by atoms with E-state index in [0.29, 0.717) is 5.92 Å². The van der Waals surface area contributed by atoms with E-state index in [1.807, 2.05) is 30.0 Å². The molecule has 0 amide bonds. The van der Waals surface area contributed by atoms with Gasteiger partial charge in [0.25, 0.3) is 0 Å². The number of thioether (sulfide) groups is 1. The number of nitrogen functional groups attached to an aromatic ring is 1. The summed E-state index contributed by atoms with van der Waals surface area (Å²) in [5.41, 5.74) is 8.14. The zero-order valence-electron chi connectivity index (χ0n) is 8.27. The van der Waals surface area contributed by atoms with Gasteiger partial charge in [0.15, 0.2) is 11.5 Å². The van der Waals surface area contributed by atoms with Gasteiger partial charge in [-0.15, -0.1) is 0 Å². The van der Waals surface area contributed by atoms with Gasteiger partial charge in [-0.25, -0.2) is 4.98 Å². The second-order valence-corrected chi connectivity index (χ2v) is 4.99. The normalized spacial score (nSPS) is 21.2. The number of nitrogens with two attached hydrogens (primary N) is 1. The molecule has 2 heterocycles. The summed E-state index contributed by atoms with van der Waals surface area (Å²) in [6.07, 6.45) is 1.17. The second-order valence-electron chi connectivity index (χ2n) is 3.84. The topological polar surface area (TPSA) is 52.0 Å². The van der Waals surface area contributed by atoms with Gasteiger partial charge >= 0.3 is 0 Å². The first-order chi connectivity index (χ1) is 7.33. The molecule has 0 bridgehead atoms. The van der Waals surface area contributed by atoms with E-state index >= 15 is 0 Å². The predicted octanol–water partition coefficient (Wildman–Crippen LogP) is 2.63. The Morgan fingerprint density at radius 1 is 1.47 bits per heavy atom. The lowest BCUT2D eigenvalue weighted by Crippen LogP contribution is -1.95. The minimum atomic E-state index is 0.489. The number of anilines is 1. The third kappa shape index (κ3) is 1.59. The van der Waals surface area contributed by atoms with Crippen LogP contribution in [0, 0.1) is 0 Å². The van der Waals surface area contributed by atoms with Crippen LogP contribution in [-0.2, 0) is 0 Å². The standard InChI is InChI=1S/C11H12N2OS/c12-8-1-2-9-10(5-8)14-11(13-9)7-3-4-15-6-7/h1-2,5,7H,3-4,6,12H2. The van der Waals surface area contributed by atoms with Crippen LogP contribution in [0.4, 0.5) is 5.69 Å². The van der Waals surface area contributed by atoms with Crippen molar-refractivity contribution < 1.29 is 4.42 Å². The maximum absolute atomic E-state index is 5.73. The van der Waals surface area contributed by atoms with Gasteiger partial charge in [-0.3, -0.25) is 0 Å². The predicted molar refractivity (Wildman–Crippen MR) is 63.1 cm³/mol. The van der Waals surface area contributed by atoms with E-state index in [0.717, 1.165) is 28.4 Å². The number of nitrogens with zero attached hydrogens (tertiary/aromatic N) is 1. The summed E-state index contributed by atoms with van der Waals surface area (Å²) in [7, 11) is 0. The second kappa shape index (κ2) is 3.45. The fraction of sp³-hybridized carbons (Fsp3) is 0.364. The van der Waals surface area contributed by atoms with Gasteiger partial charge in [-0.05, 0) is 24.3 Å². The van der Waals surface area contributed by atoms with Gasteiger partial charge in [0.05, 0.1) is 0 Å². The Labute approximate surface area is 92.0 Å². The fourth-order valence-corrected chi connectivity index (χ4v) is 3.07. The molecular weight excluding hydrogens is 208 g/mol. The number of fused-ring (bicyclic) bond motifs is 1.